The zero-order valence-corrected chi connectivity index (χ0v) is 16.4. The standard InChI is InChI=1S/C18H14ClN3O5S/c1-10-12(19)7-8-14-16(10)21(9-15(23)27-2)18(28-14)20-17(24)11-5-3-4-6-13(11)22(25)26/h3-8H,9H2,1-2H3. The number of benzene rings is 2. The Labute approximate surface area is 167 Å². The van der Waals surface area contributed by atoms with Crippen LogP contribution in [0.5, 0.6) is 0 Å². The minimum absolute atomic E-state index is 0.135. The van der Waals surface area contributed by atoms with Gasteiger partial charge in [-0.2, -0.15) is 4.99 Å². The van der Waals surface area contributed by atoms with E-state index in [4.69, 9.17) is 16.3 Å². The molecule has 28 heavy (non-hydrogen) atoms. The number of nitrogens with zero attached hydrogens (tertiary/aromatic N) is 3. The van der Waals surface area contributed by atoms with Crippen molar-refractivity contribution in [3.63, 3.8) is 0 Å². The molecule has 0 radical (unpaired) electrons. The van der Waals surface area contributed by atoms with Crippen LogP contribution in [0.1, 0.15) is 15.9 Å². The van der Waals surface area contributed by atoms with Crippen molar-refractivity contribution >= 4 is 50.7 Å². The Kier molecular flexibility index (Phi) is 5.57. The van der Waals surface area contributed by atoms with Crippen LogP contribution in [0.25, 0.3) is 10.2 Å². The molecule has 3 aromatic rings. The summed E-state index contributed by atoms with van der Waals surface area (Å²) in [5.41, 5.74) is 0.899. The number of aryl methyl sites for hydroxylation is 1. The third-order valence-corrected chi connectivity index (χ3v) is 5.53. The quantitative estimate of drug-likeness (QED) is 0.366. The second kappa shape index (κ2) is 7.91. The van der Waals surface area contributed by atoms with Gasteiger partial charge in [-0.15, -0.1) is 0 Å². The molecule has 0 N–H and O–H groups in total. The van der Waals surface area contributed by atoms with E-state index in [0.717, 1.165) is 10.3 Å². The number of nitro groups is 1. The lowest BCUT2D eigenvalue weighted by molar-refractivity contribution is -0.385. The highest BCUT2D eigenvalue weighted by Crippen LogP contribution is 2.27. The number of halogens is 1. The van der Waals surface area contributed by atoms with Gasteiger partial charge in [-0.3, -0.25) is 19.7 Å². The van der Waals surface area contributed by atoms with Crippen LogP contribution < -0.4 is 4.80 Å². The SMILES string of the molecule is COC(=O)Cn1c(=NC(=O)c2ccccc2[N+](=O)[O-])sc2ccc(Cl)c(C)c21. The van der Waals surface area contributed by atoms with E-state index in [1.165, 1.54) is 47.3 Å². The summed E-state index contributed by atoms with van der Waals surface area (Å²) in [5, 5.41) is 11.7. The lowest BCUT2D eigenvalue weighted by atomic mass is 10.2. The van der Waals surface area contributed by atoms with Crippen LogP contribution in [0.3, 0.4) is 0 Å². The maximum Gasteiger partial charge on any atom is 0.325 e. The Morgan fingerprint density at radius 1 is 1.29 bits per heavy atom. The molecule has 0 aliphatic heterocycles. The van der Waals surface area contributed by atoms with E-state index in [1.54, 1.807) is 19.1 Å². The van der Waals surface area contributed by atoms with E-state index >= 15 is 0 Å². The molecule has 0 atom stereocenters. The molecule has 1 amide bonds. The largest absolute Gasteiger partial charge is 0.468 e. The first-order valence-electron chi connectivity index (χ1n) is 8.01. The molecule has 0 spiro atoms. The number of amides is 1. The molecule has 8 nitrogen and oxygen atoms in total. The fraction of sp³-hybridized carbons (Fsp3) is 0.167. The highest BCUT2D eigenvalue weighted by Gasteiger charge is 2.20. The van der Waals surface area contributed by atoms with Gasteiger partial charge in [-0.05, 0) is 30.7 Å². The van der Waals surface area contributed by atoms with Crippen molar-refractivity contribution in [3.05, 3.63) is 67.5 Å². The zero-order chi connectivity index (χ0) is 20.4. The monoisotopic (exact) mass is 419 g/mol. The maximum atomic E-state index is 12.7. The smallest absolute Gasteiger partial charge is 0.325 e. The van der Waals surface area contributed by atoms with Crippen LogP contribution in [-0.2, 0) is 16.1 Å². The number of nitro benzene ring substituents is 1. The summed E-state index contributed by atoms with van der Waals surface area (Å²) >= 11 is 7.37. The number of rotatable bonds is 4. The van der Waals surface area contributed by atoms with E-state index in [9.17, 15) is 19.7 Å². The van der Waals surface area contributed by atoms with Gasteiger partial charge >= 0.3 is 5.97 Å². The molecule has 10 heteroatoms. The third kappa shape index (κ3) is 3.67. The topological polar surface area (TPSA) is 104 Å². The Morgan fingerprint density at radius 2 is 2.00 bits per heavy atom. The molecule has 0 aliphatic rings. The predicted molar refractivity (Wildman–Crippen MR) is 105 cm³/mol. The van der Waals surface area contributed by atoms with Crippen molar-refractivity contribution in [2.24, 2.45) is 4.99 Å². The number of ether oxygens (including phenoxy) is 1. The number of carbonyl (C=O) groups is 2. The highest BCUT2D eigenvalue weighted by atomic mass is 35.5. The molecule has 144 valence electrons. The molecule has 0 aliphatic carbocycles. The summed E-state index contributed by atoms with van der Waals surface area (Å²) in [6.45, 7) is 1.61. The Bertz CT molecular complexity index is 1180. The normalized spacial score (nSPS) is 11.6. The number of para-hydroxylation sites is 1. The first-order chi connectivity index (χ1) is 13.3. The molecule has 1 heterocycles. The van der Waals surface area contributed by atoms with E-state index in [0.29, 0.717) is 10.5 Å². The molecule has 0 unspecified atom stereocenters. The first-order valence-corrected chi connectivity index (χ1v) is 9.20. The number of carbonyl (C=O) groups excluding carboxylic acids is 2. The average Bonchev–Trinajstić information content (AvgIpc) is 3.02. The summed E-state index contributed by atoms with van der Waals surface area (Å²) in [4.78, 5) is 39.4. The van der Waals surface area contributed by atoms with Crippen LogP contribution in [0, 0.1) is 17.0 Å². The van der Waals surface area contributed by atoms with E-state index in [2.05, 4.69) is 4.99 Å². The van der Waals surface area contributed by atoms with Crippen molar-refractivity contribution in [2.75, 3.05) is 7.11 Å². The summed E-state index contributed by atoms with van der Waals surface area (Å²) in [5.74, 6) is -1.31. The molecule has 0 saturated heterocycles. The maximum absolute atomic E-state index is 12.7. The highest BCUT2D eigenvalue weighted by molar-refractivity contribution is 7.16. The number of hydrogen-bond acceptors (Lipinski definition) is 6. The van der Waals surface area contributed by atoms with E-state index in [-0.39, 0.29) is 22.6 Å². The van der Waals surface area contributed by atoms with Crippen molar-refractivity contribution in [1.82, 2.24) is 4.57 Å². The molecular weight excluding hydrogens is 406 g/mol. The van der Waals surface area contributed by atoms with Crippen molar-refractivity contribution in [3.8, 4) is 0 Å². The van der Waals surface area contributed by atoms with Crippen LogP contribution in [-0.4, -0.2) is 28.5 Å². The van der Waals surface area contributed by atoms with E-state index < -0.39 is 16.8 Å². The second-order valence-corrected chi connectivity index (χ2v) is 7.17. The molecular formula is C18H14ClN3O5S. The number of hydrogen-bond donors (Lipinski definition) is 0. The number of thiazole rings is 1. The fourth-order valence-corrected chi connectivity index (χ4v) is 3.94. The lowest BCUT2D eigenvalue weighted by Gasteiger charge is -2.07. The van der Waals surface area contributed by atoms with Crippen LogP contribution >= 0.6 is 22.9 Å². The summed E-state index contributed by atoms with van der Waals surface area (Å²) in [6, 6.07) is 9.04. The molecule has 1 aromatic heterocycles. The number of methoxy groups -OCH3 is 1. The van der Waals surface area contributed by atoms with Gasteiger partial charge in [0.2, 0.25) is 0 Å². The second-order valence-electron chi connectivity index (χ2n) is 5.76. The summed E-state index contributed by atoms with van der Waals surface area (Å²) < 4.78 is 7.03. The predicted octanol–water partition coefficient (Wildman–Crippen LogP) is 3.49. The Hall–Kier alpha value is -3.04. The molecule has 3 rings (SSSR count). The van der Waals surface area contributed by atoms with Gasteiger partial charge in [0, 0.05) is 11.1 Å². The number of fused-ring (bicyclic) bond motifs is 1. The summed E-state index contributed by atoms with van der Waals surface area (Å²) in [7, 11) is 1.26. The fourth-order valence-electron chi connectivity index (χ4n) is 2.70. The number of aromatic nitrogens is 1. The van der Waals surface area contributed by atoms with Crippen molar-refractivity contribution in [1.29, 1.82) is 0 Å². The van der Waals surface area contributed by atoms with Crippen molar-refractivity contribution < 1.29 is 19.2 Å². The third-order valence-electron chi connectivity index (χ3n) is 4.07. The minimum atomic E-state index is -0.777. The van der Waals surface area contributed by atoms with Gasteiger partial charge in [-0.25, -0.2) is 0 Å². The minimum Gasteiger partial charge on any atom is -0.468 e. The van der Waals surface area contributed by atoms with Gasteiger partial charge < -0.3 is 9.30 Å². The average molecular weight is 420 g/mol. The van der Waals surface area contributed by atoms with Gasteiger partial charge in [0.15, 0.2) is 4.80 Å². The van der Waals surface area contributed by atoms with E-state index in [1.807, 2.05) is 0 Å². The first kappa shape index (κ1) is 19.7. The molecule has 0 bridgehead atoms. The van der Waals surface area contributed by atoms with Crippen LogP contribution in [0.15, 0.2) is 41.4 Å². The van der Waals surface area contributed by atoms with Gasteiger partial charge in [0.25, 0.3) is 11.6 Å². The molecule has 0 fully saturated rings. The van der Waals surface area contributed by atoms with Crippen LogP contribution in [0.2, 0.25) is 5.02 Å². The molecule has 0 saturated carbocycles. The van der Waals surface area contributed by atoms with Gasteiger partial charge in [-0.1, -0.05) is 35.1 Å². The number of esters is 1. The molecule has 2 aromatic carbocycles. The summed E-state index contributed by atoms with van der Waals surface area (Å²) in [6.07, 6.45) is 0. The van der Waals surface area contributed by atoms with Crippen molar-refractivity contribution in [2.45, 2.75) is 13.5 Å². The van der Waals surface area contributed by atoms with Crippen LogP contribution in [0.4, 0.5) is 5.69 Å². The lowest BCUT2D eigenvalue weighted by Crippen LogP contribution is -2.23. The van der Waals surface area contributed by atoms with Gasteiger partial charge in [0.05, 0.1) is 22.2 Å². The van der Waals surface area contributed by atoms with Gasteiger partial charge in [0.1, 0.15) is 12.1 Å². The zero-order valence-electron chi connectivity index (χ0n) is 14.8. The Balaban J connectivity index is 2.24. The Morgan fingerprint density at radius 3 is 2.68 bits per heavy atom.